The topological polar surface area (TPSA) is 75.4 Å². The van der Waals surface area contributed by atoms with E-state index in [0.717, 1.165) is 19.3 Å². The molecule has 1 aliphatic carbocycles. The lowest BCUT2D eigenvalue weighted by Gasteiger charge is -2.41. The zero-order chi connectivity index (χ0) is 12.5. The lowest BCUT2D eigenvalue weighted by atomic mass is 9.75. The van der Waals surface area contributed by atoms with E-state index in [2.05, 4.69) is 5.32 Å². The lowest BCUT2D eigenvalue weighted by Crippen LogP contribution is -2.59. The van der Waals surface area contributed by atoms with Crippen LogP contribution in [0.5, 0.6) is 0 Å². The number of nitrogens with zero attached hydrogens (tertiary/aromatic N) is 1. The second-order valence-corrected chi connectivity index (χ2v) is 5.19. The number of nitrogens with two attached hydrogens (primary N) is 1. The summed E-state index contributed by atoms with van der Waals surface area (Å²) in [7, 11) is 0. The normalized spacial score (nSPS) is 27.3. The minimum Gasteiger partial charge on any atom is -0.353 e. The van der Waals surface area contributed by atoms with Crippen molar-refractivity contribution < 1.29 is 9.59 Å². The summed E-state index contributed by atoms with van der Waals surface area (Å²) < 4.78 is 0. The van der Waals surface area contributed by atoms with Crippen LogP contribution < -0.4 is 11.1 Å². The van der Waals surface area contributed by atoms with Crippen molar-refractivity contribution in [3.8, 4) is 0 Å². The highest BCUT2D eigenvalue weighted by molar-refractivity contribution is 5.89. The fraction of sp³-hybridized carbons (Fsp3) is 0.833. The van der Waals surface area contributed by atoms with Crippen LogP contribution in [0.1, 0.15) is 39.0 Å². The Labute approximate surface area is 102 Å². The van der Waals surface area contributed by atoms with Crippen molar-refractivity contribution >= 4 is 11.8 Å². The van der Waals surface area contributed by atoms with Gasteiger partial charge < -0.3 is 16.0 Å². The molecule has 0 radical (unpaired) electrons. The van der Waals surface area contributed by atoms with Crippen LogP contribution >= 0.6 is 0 Å². The molecule has 0 aromatic heterocycles. The molecule has 1 unspecified atom stereocenters. The van der Waals surface area contributed by atoms with E-state index in [4.69, 9.17) is 5.73 Å². The summed E-state index contributed by atoms with van der Waals surface area (Å²) in [6.07, 6.45) is 4.01. The van der Waals surface area contributed by atoms with Crippen molar-refractivity contribution in [3.05, 3.63) is 0 Å². The highest BCUT2D eigenvalue weighted by Gasteiger charge is 2.39. The third-order valence-corrected chi connectivity index (χ3v) is 3.89. The molecule has 96 valence electrons. The Morgan fingerprint density at radius 1 is 1.59 bits per heavy atom. The number of carbonyl (C=O) groups is 2. The Bertz CT molecular complexity index is 326. The van der Waals surface area contributed by atoms with Gasteiger partial charge in [0.25, 0.3) is 0 Å². The van der Waals surface area contributed by atoms with Crippen molar-refractivity contribution in [2.75, 3.05) is 13.1 Å². The monoisotopic (exact) mass is 239 g/mol. The van der Waals surface area contributed by atoms with Crippen LogP contribution in [0.3, 0.4) is 0 Å². The Hall–Kier alpha value is -1.10. The van der Waals surface area contributed by atoms with Crippen LogP contribution in [0.15, 0.2) is 0 Å². The van der Waals surface area contributed by atoms with Gasteiger partial charge in [-0.15, -0.1) is 0 Å². The molecule has 2 aliphatic rings. The van der Waals surface area contributed by atoms with E-state index in [9.17, 15) is 9.59 Å². The van der Waals surface area contributed by atoms with Crippen molar-refractivity contribution in [2.45, 2.75) is 50.6 Å². The number of hydrogen-bond acceptors (Lipinski definition) is 3. The maximum atomic E-state index is 12.2. The first kappa shape index (κ1) is 12.4. The molecule has 2 rings (SSSR count). The smallest absolute Gasteiger partial charge is 0.242 e. The summed E-state index contributed by atoms with van der Waals surface area (Å²) in [5.41, 5.74) is 5.78. The zero-order valence-corrected chi connectivity index (χ0v) is 10.4. The first-order valence-corrected chi connectivity index (χ1v) is 6.42. The van der Waals surface area contributed by atoms with Gasteiger partial charge in [-0.2, -0.15) is 0 Å². The van der Waals surface area contributed by atoms with Gasteiger partial charge in [-0.25, -0.2) is 0 Å². The highest BCUT2D eigenvalue weighted by Crippen LogP contribution is 2.33. The number of rotatable bonds is 3. The van der Waals surface area contributed by atoms with Crippen LogP contribution in [0, 0.1) is 0 Å². The van der Waals surface area contributed by atoms with E-state index < -0.39 is 0 Å². The molecule has 1 saturated carbocycles. The molecular formula is C12H21N3O2. The van der Waals surface area contributed by atoms with Gasteiger partial charge in [0.1, 0.15) is 6.04 Å². The van der Waals surface area contributed by atoms with Crippen molar-refractivity contribution in [3.63, 3.8) is 0 Å². The number of nitrogens with one attached hydrogen (secondary N) is 1. The second kappa shape index (κ2) is 4.64. The SMILES string of the molecule is CCC1C(=O)NCCN1C(=O)CC1(N)CCC1. The zero-order valence-electron chi connectivity index (χ0n) is 10.4. The predicted octanol–water partition coefficient (Wildman–Crippen LogP) is -0.00510. The van der Waals surface area contributed by atoms with Crippen LogP contribution in [0.4, 0.5) is 0 Å². The summed E-state index contributed by atoms with van der Waals surface area (Å²) in [4.78, 5) is 25.5. The van der Waals surface area contributed by atoms with Crippen molar-refractivity contribution in [1.29, 1.82) is 0 Å². The summed E-state index contributed by atoms with van der Waals surface area (Å²) in [5.74, 6) is 0.000630. The standard InChI is InChI=1S/C12H21N3O2/c1-2-9-11(17)14-6-7-15(9)10(16)8-12(13)4-3-5-12/h9H,2-8,13H2,1H3,(H,14,17). The van der Waals surface area contributed by atoms with Gasteiger partial charge >= 0.3 is 0 Å². The summed E-state index contributed by atoms with van der Waals surface area (Å²) in [6.45, 7) is 3.09. The van der Waals surface area contributed by atoms with E-state index >= 15 is 0 Å². The Balaban J connectivity index is 1.99. The second-order valence-electron chi connectivity index (χ2n) is 5.19. The molecule has 2 fully saturated rings. The average molecular weight is 239 g/mol. The van der Waals surface area contributed by atoms with Gasteiger partial charge in [-0.1, -0.05) is 6.92 Å². The van der Waals surface area contributed by atoms with Crippen LogP contribution in [0.25, 0.3) is 0 Å². The summed E-state index contributed by atoms with van der Waals surface area (Å²) >= 11 is 0. The van der Waals surface area contributed by atoms with Gasteiger partial charge in [0.2, 0.25) is 11.8 Å². The first-order valence-electron chi connectivity index (χ1n) is 6.42. The molecule has 5 heteroatoms. The average Bonchev–Trinajstić information content (AvgIpc) is 2.26. The molecule has 0 bridgehead atoms. The highest BCUT2D eigenvalue weighted by atomic mass is 16.2. The van der Waals surface area contributed by atoms with Crippen LogP contribution in [-0.2, 0) is 9.59 Å². The molecule has 1 heterocycles. The molecule has 0 aromatic carbocycles. The molecule has 17 heavy (non-hydrogen) atoms. The largest absolute Gasteiger partial charge is 0.353 e. The molecule has 1 aliphatic heterocycles. The molecular weight excluding hydrogens is 218 g/mol. The van der Waals surface area contributed by atoms with E-state index in [1.165, 1.54) is 0 Å². The fourth-order valence-electron chi connectivity index (χ4n) is 2.63. The Kier molecular flexibility index (Phi) is 3.38. The lowest BCUT2D eigenvalue weighted by molar-refractivity contribution is -0.144. The van der Waals surface area contributed by atoms with Gasteiger partial charge in [0.05, 0.1) is 0 Å². The third kappa shape index (κ3) is 2.44. The maximum absolute atomic E-state index is 12.2. The van der Waals surface area contributed by atoms with Crippen LogP contribution in [0.2, 0.25) is 0 Å². The van der Waals surface area contributed by atoms with E-state index in [0.29, 0.717) is 25.9 Å². The quantitative estimate of drug-likeness (QED) is 0.727. The molecule has 3 N–H and O–H groups in total. The van der Waals surface area contributed by atoms with Crippen molar-refractivity contribution in [1.82, 2.24) is 10.2 Å². The summed E-state index contributed by atoms with van der Waals surface area (Å²) in [5, 5.41) is 2.79. The molecule has 2 amide bonds. The van der Waals surface area contributed by atoms with Gasteiger partial charge in [-0.05, 0) is 25.7 Å². The minimum atomic E-state index is -0.306. The van der Waals surface area contributed by atoms with E-state index in [1.807, 2.05) is 6.92 Å². The van der Waals surface area contributed by atoms with E-state index in [1.54, 1.807) is 4.90 Å². The summed E-state index contributed by atoms with van der Waals surface area (Å²) in [6, 6.07) is -0.306. The molecule has 5 nitrogen and oxygen atoms in total. The minimum absolute atomic E-state index is 0.0354. The maximum Gasteiger partial charge on any atom is 0.242 e. The van der Waals surface area contributed by atoms with Gasteiger partial charge in [0, 0.05) is 25.0 Å². The van der Waals surface area contributed by atoms with Gasteiger partial charge in [0.15, 0.2) is 0 Å². The molecule has 1 atom stereocenters. The Morgan fingerprint density at radius 3 is 2.82 bits per heavy atom. The van der Waals surface area contributed by atoms with Crippen molar-refractivity contribution in [2.24, 2.45) is 5.73 Å². The van der Waals surface area contributed by atoms with Gasteiger partial charge in [-0.3, -0.25) is 9.59 Å². The molecule has 0 aromatic rings. The number of amides is 2. The molecule has 1 saturated heterocycles. The number of piperazine rings is 1. The predicted molar refractivity (Wildman–Crippen MR) is 64.2 cm³/mol. The number of carbonyl (C=O) groups excluding carboxylic acids is 2. The Morgan fingerprint density at radius 2 is 2.29 bits per heavy atom. The first-order chi connectivity index (χ1) is 8.06. The van der Waals surface area contributed by atoms with Crippen LogP contribution in [-0.4, -0.2) is 41.4 Å². The van der Waals surface area contributed by atoms with E-state index in [-0.39, 0.29) is 23.4 Å². The number of hydrogen-bond donors (Lipinski definition) is 2. The molecule has 0 spiro atoms. The fourth-order valence-corrected chi connectivity index (χ4v) is 2.63. The third-order valence-electron chi connectivity index (χ3n) is 3.89.